The van der Waals surface area contributed by atoms with E-state index in [1.54, 1.807) is 14.2 Å². The fourth-order valence-electron chi connectivity index (χ4n) is 1.41. The van der Waals surface area contributed by atoms with Crippen molar-refractivity contribution >= 4 is 8.56 Å². The van der Waals surface area contributed by atoms with E-state index in [0.29, 0.717) is 18.0 Å². The Morgan fingerprint density at radius 2 is 1.53 bits per heavy atom. The first-order chi connectivity index (χ1) is 7.91. The van der Waals surface area contributed by atoms with Crippen LogP contribution in [-0.2, 0) is 15.3 Å². The van der Waals surface area contributed by atoms with Crippen molar-refractivity contribution in [1.82, 2.24) is 0 Å². The second kappa shape index (κ2) is 5.66. The van der Waals surface area contributed by atoms with Crippen molar-refractivity contribution in [3.63, 3.8) is 0 Å². The van der Waals surface area contributed by atoms with E-state index in [9.17, 15) is 13.2 Å². The largest absolute Gasteiger partial charge is 0.398 e. The van der Waals surface area contributed by atoms with Crippen LogP contribution in [0.1, 0.15) is 5.56 Å². The molecule has 1 aromatic rings. The average molecular weight is 264 g/mol. The second-order valence-corrected chi connectivity index (χ2v) is 7.50. The number of hydrogen-bond donors (Lipinski definition) is 0. The molecule has 0 unspecified atom stereocenters. The monoisotopic (exact) mass is 264 g/mol. The number of hydrogen-bond acceptors (Lipinski definition) is 2. The molecule has 0 saturated heterocycles. The maximum Gasteiger partial charge on any atom is 0.334 e. The van der Waals surface area contributed by atoms with Gasteiger partial charge in [-0.2, -0.15) is 0 Å². The van der Waals surface area contributed by atoms with Crippen molar-refractivity contribution < 1.29 is 22.0 Å². The van der Waals surface area contributed by atoms with Crippen LogP contribution < -0.4 is 0 Å². The van der Waals surface area contributed by atoms with E-state index < -0.39 is 26.0 Å². The first-order valence-electron chi connectivity index (χ1n) is 5.15. The SMILES string of the molecule is CO[Si](C)(CCc1cc(F)c(F)c(F)c1)OC. The molecule has 1 aromatic carbocycles. The average Bonchev–Trinajstić information content (AvgIpc) is 2.32. The number of halogens is 3. The fraction of sp³-hybridized carbons (Fsp3) is 0.455. The Hall–Kier alpha value is -0.853. The Morgan fingerprint density at radius 1 is 1.06 bits per heavy atom. The molecule has 6 heteroatoms. The van der Waals surface area contributed by atoms with E-state index >= 15 is 0 Å². The summed E-state index contributed by atoms with van der Waals surface area (Å²) in [4.78, 5) is 0. The minimum absolute atomic E-state index is 0.387. The lowest BCUT2D eigenvalue weighted by Crippen LogP contribution is -2.36. The van der Waals surface area contributed by atoms with Gasteiger partial charge in [0, 0.05) is 14.2 Å². The molecule has 96 valence electrons. The van der Waals surface area contributed by atoms with Gasteiger partial charge in [0.15, 0.2) is 17.5 Å². The van der Waals surface area contributed by atoms with E-state index in [0.717, 1.165) is 12.1 Å². The lowest BCUT2D eigenvalue weighted by atomic mass is 10.1. The Labute approximate surface area is 99.6 Å². The third-order valence-corrected chi connectivity index (χ3v) is 5.66. The van der Waals surface area contributed by atoms with Gasteiger partial charge < -0.3 is 8.85 Å². The Bertz CT molecular complexity index is 371. The molecule has 0 aromatic heterocycles. The van der Waals surface area contributed by atoms with Crippen LogP contribution in [0.3, 0.4) is 0 Å². The summed E-state index contributed by atoms with van der Waals surface area (Å²) in [5, 5.41) is 0. The molecule has 0 radical (unpaired) electrons. The van der Waals surface area contributed by atoms with Gasteiger partial charge in [-0.25, -0.2) is 13.2 Å². The topological polar surface area (TPSA) is 18.5 Å². The first-order valence-corrected chi connectivity index (χ1v) is 7.68. The minimum atomic E-state index is -2.27. The zero-order valence-electron chi connectivity index (χ0n) is 10.0. The zero-order chi connectivity index (χ0) is 13.1. The number of rotatable bonds is 5. The molecule has 0 atom stereocenters. The highest BCUT2D eigenvalue weighted by Gasteiger charge is 2.28. The molecule has 0 saturated carbocycles. The molecule has 1 rings (SSSR count). The quantitative estimate of drug-likeness (QED) is 0.601. The van der Waals surface area contributed by atoms with Crippen LogP contribution in [0.25, 0.3) is 0 Å². The summed E-state index contributed by atoms with van der Waals surface area (Å²) in [6.45, 7) is 1.85. The molecule has 0 bridgehead atoms. The highest BCUT2D eigenvalue weighted by molar-refractivity contribution is 6.65. The first kappa shape index (κ1) is 14.2. The molecule has 2 nitrogen and oxygen atoms in total. The van der Waals surface area contributed by atoms with E-state index in [1.807, 2.05) is 6.55 Å². The highest BCUT2D eigenvalue weighted by Crippen LogP contribution is 2.19. The summed E-state index contributed by atoms with van der Waals surface area (Å²) in [7, 11) is 0.819. The molecule has 0 amide bonds. The summed E-state index contributed by atoms with van der Waals surface area (Å²) in [5.41, 5.74) is 0.397. The van der Waals surface area contributed by atoms with Crippen molar-refractivity contribution in [2.45, 2.75) is 19.0 Å². The smallest absolute Gasteiger partial charge is 0.334 e. The minimum Gasteiger partial charge on any atom is -0.398 e. The maximum atomic E-state index is 13.0. The summed E-state index contributed by atoms with van der Waals surface area (Å²) >= 11 is 0. The molecule has 0 fully saturated rings. The van der Waals surface area contributed by atoms with Crippen molar-refractivity contribution in [1.29, 1.82) is 0 Å². The maximum absolute atomic E-state index is 13.0. The van der Waals surface area contributed by atoms with E-state index in [-0.39, 0.29) is 0 Å². The van der Waals surface area contributed by atoms with Gasteiger partial charge in [-0.15, -0.1) is 0 Å². The summed E-state index contributed by atoms with van der Waals surface area (Å²) in [5.74, 6) is -3.77. The highest BCUT2D eigenvalue weighted by atomic mass is 28.4. The van der Waals surface area contributed by atoms with Crippen molar-refractivity contribution in [2.75, 3.05) is 14.2 Å². The molecule has 0 heterocycles. The van der Waals surface area contributed by atoms with E-state index in [1.165, 1.54) is 0 Å². The van der Waals surface area contributed by atoms with E-state index in [2.05, 4.69) is 0 Å². The summed E-state index contributed by atoms with van der Waals surface area (Å²) in [6.07, 6.45) is 0.387. The molecule has 0 aliphatic rings. The second-order valence-electron chi connectivity index (χ2n) is 3.92. The number of benzene rings is 1. The lowest BCUT2D eigenvalue weighted by Gasteiger charge is -2.22. The normalized spacial score (nSPS) is 11.9. The van der Waals surface area contributed by atoms with Crippen LogP contribution in [0.4, 0.5) is 13.2 Å². The third kappa shape index (κ3) is 3.55. The molecule has 17 heavy (non-hydrogen) atoms. The molecule has 0 aliphatic carbocycles. The van der Waals surface area contributed by atoms with Gasteiger partial charge in [-0.05, 0) is 36.7 Å². The Balaban J connectivity index is 2.76. The van der Waals surface area contributed by atoms with Gasteiger partial charge >= 0.3 is 8.56 Å². The van der Waals surface area contributed by atoms with Crippen molar-refractivity contribution in [3.05, 3.63) is 35.1 Å². The zero-order valence-corrected chi connectivity index (χ0v) is 11.0. The standard InChI is InChI=1S/C11H15F3O2Si/c1-15-17(3,16-2)5-4-8-6-9(12)11(14)10(13)7-8/h6-7H,4-5H2,1-3H3. The van der Waals surface area contributed by atoms with Gasteiger partial charge in [-0.1, -0.05) is 0 Å². The van der Waals surface area contributed by atoms with Crippen LogP contribution in [-0.4, -0.2) is 22.8 Å². The predicted octanol–water partition coefficient (Wildman–Crippen LogP) is 3.01. The van der Waals surface area contributed by atoms with Crippen molar-refractivity contribution in [2.24, 2.45) is 0 Å². The summed E-state index contributed by atoms with van der Waals surface area (Å²) < 4.78 is 49.1. The Kier molecular flexibility index (Phi) is 4.73. The fourth-order valence-corrected chi connectivity index (χ4v) is 2.73. The Morgan fingerprint density at radius 3 is 1.94 bits per heavy atom. The van der Waals surface area contributed by atoms with Gasteiger partial charge in [0.05, 0.1) is 0 Å². The van der Waals surface area contributed by atoms with Crippen LogP contribution in [0.5, 0.6) is 0 Å². The summed E-state index contributed by atoms with van der Waals surface area (Å²) in [6, 6.07) is 2.54. The predicted molar refractivity (Wildman–Crippen MR) is 60.5 cm³/mol. The molecule has 0 N–H and O–H groups in total. The van der Waals surface area contributed by atoms with Crippen LogP contribution in [0, 0.1) is 17.5 Å². The van der Waals surface area contributed by atoms with Gasteiger partial charge in [0.2, 0.25) is 0 Å². The molecule has 0 aliphatic heterocycles. The van der Waals surface area contributed by atoms with Crippen LogP contribution in [0.15, 0.2) is 12.1 Å². The van der Waals surface area contributed by atoms with Gasteiger partial charge in [0.1, 0.15) is 0 Å². The van der Waals surface area contributed by atoms with Crippen molar-refractivity contribution in [3.8, 4) is 0 Å². The lowest BCUT2D eigenvalue weighted by molar-refractivity contribution is 0.249. The van der Waals surface area contributed by atoms with E-state index in [4.69, 9.17) is 8.85 Å². The molecular weight excluding hydrogens is 249 g/mol. The molecular formula is C11H15F3O2Si. The number of aryl methyl sites for hydroxylation is 1. The van der Waals surface area contributed by atoms with Gasteiger partial charge in [0.25, 0.3) is 0 Å². The molecule has 0 spiro atoms. The van der Waals surface area contributed by atoms with Crippen LogP contribution >= 0.6 is 0 Å². The third-order valence-electron chi connectivity index (χ3n) is 2.77. The van der Waals surface area contributed by atoms with Gasteiger partial charge in [-0.3, -0.25) is 0 Å². The van der Waals surface area contributed by atoms with Crippen LogP contribution in [0.2, 0.25) is 12.6 Å².